The highest BCUT2D eigenvalue weighted by molar-refractivity contribution is 6.09. The molecule has 3 amide bonds. The first kappa shape index (κ1) is 18.6. The number of rotatable bonds is 6. The normalized spacial score (nSPS) is 16.1. The molecule has 0 bridgehead atoms. The predicted molar refractivity (Wildman–Crippen MR) is 101 cm³/mol. The molecule has 1 aromatic carbocycles. The molecule has 2 aromatic rings. The van der Waals surface area contributed by atoms with Crippen molar-refractivity contribution < 1.29 is 14.4 Å². The Labute approximate surface area is 157 Å². The van der Waals surface area contributed by atoms with E-state index in [1.807, 2.05) is 6.92 Å². The molecular formula is C19H23N5O3. The third-order valence-electron chi connectivity index (χ3n) is 4.38. The highest BCUT2D eigenvalue weighted by Gasteiger charge is 2.27. The number of aromatic nitrogens is 2. The molecule has 0 aliphatic carbocycles. The molecule has 0 fully saturated rings. The van der Waals surface area contributed by atoms with Crippen LogP contribution < -0.4 is 16.0 Å². The summed E-state index contributed by atoms with van der Waals surface area (Å²) in [5.74, 6) is -0.878. The number of benzene rings is 1. The lowest BCUT2D eigenvalue weighted by Gasteiger charge is -2.14. The van der Waals surface area contributed by atoms with Gasteiger partial charge in [0.2, 0.25) is 11.8 Å². The minimum Gasteiger partial charge on any atom is -0.340 e. The number of carbonyl (C=O) groups is 3. The number of amides is 3. The summed E-state index contributed by atoms with van der Waals surface area (Å²) in [5, 5.41) is 12.6. The van der Waals surface area contributed by atoms with Crippen molar-refractivity contribution in [3.05, 3.63) is 41.7 Å². The average Bonchev–Trinajstić information content (AvgIpc) is 2.91. The molecule has 0 saturated carbocycles. The van der Waals surface area contributed by atoms with Crippen LogP contribution in [0.1, 0.15) is 42.2 Å². The quantitative estimate of drug-likeness (QED) is 0.725. The second kappa shape index (κ2) is 8.03. The van der Waals surface area contributed by atoms with Crippen molar-refractivity contribution in [2.75, 3.05) is 10.6 Å². The van der Waals surface area contributed by atoms with Crippen LogP contribution in [0, 0.1) is 6.92 Å². The van der Waals surface area contributed by atoms with Gasteiger partial charge in [-0.3, -0.25) is 19.1 Å². The Morgan fingerprint density at radius 3 is 2.85 bits per heavy atom. The van der Waals surface area contributed by atoms with Crippen molar-refractivity contribution in [3.8, 4) is 0 Å². The minimum absolute atomic E-state index is 0.104. The van der Waals surface area contributed by atoms with E-state index < -0.39 is 6.04 Å². The maximum absolute atomic E-state index is 12.4. The minimum atomic E-state index is -0.764. The van der Waals surface area contributed by atoms with E-state index >= 15 is 0 Å². The van der Waals surface area contributed by atoms with Gasteiger partial charge in [0, 0.05) is 19.2 Å². The zero-order valence-corrected chi connectivity index (χ0v) is 15.4. The van der Waals surface area contributed by atoms with Crippen molar-refractivity contribution in [2.45, 2.75) is 45.7 Å². The molecule has 0 spiro atoms. The molecule has 142 valence electrons. The SMILES string of the molecule is CCCn1cc(NC(=O)CCC2NC(=O)c3ccccc3NC2=O)c(C)n1. The molecule has 0 radical (unpaired) electrons. The van der Waals surface area contributed by atoms with E-state index in [9.17, 15) is 14.4 Å². The van der Waals surface area contributed by atoms with Gasteiger partial charge in [0.15, 0.2) is 0 Å². The lowest BCUT2D eigenvalue weighted by Crippen LogP contribution is -2.41. The van der Waals surface area contributed by atoms with Crippen LogP contribution in [0.3, 0.4) is 0 Å². The first-order valence-electron chi connectivity index (χ1n) is 9.02. The fourth-order valence-corrected chi connectivity index (χ4v) is 2.99. The molecule has 0 saturated heterocycles. The lowest BCUT2D eigenvalue weighted by atomic mass is 10.1. The number of hydrogen-bond acceptors (Lipinski definition) is 4. The van der Waals surface area contributed by atoms with Gasteiger partial charge in [0.1, 0.15) is 6.04 Å². The maximum atomic E-state index is 12.4. The van der Waals surface area contributed by atoms with E-state index in [1.165, 1.54) is 0 Å². The summed E-state index contributed by atoms with van der Waals surface area (Å²) in [4.78, 5) is 36.9. The summed E-state index contributed by atoms with van der Waals surface area (Å²) in [6.45, 7) is 4.67. The number of fused-ring (bicyclic) bond motifs is 1. The number of nitrogens with zero attached hydrogens (tertiary/aromatic N) is 2. The second-order valence-corrected chi connectivity index (χ2v) is 6.54. The van der Waals surface area contributed by atoms with E-state index in [2.05, 4.69) is 28.0 Å². The summed E-state index contributed by atoms with van der Waals surface area (Å²) >= 11 is 0. The van der Waals surface area contributed by atoms with Crippen molar-refractivity contribution in [1.29, 1.82) is 0 Å². The number of para-hydroxylation sites is 1. The third kappa shape index (κ3) is 4.33. The van der Waals surface area contributed by atoms with Crippen molar-refractivity contribution in [1.82, 2.24) is 15.1 Å². The molecule has 1 atom stereocenters. The molecule has 27 heavy (non-hydrogen) atoms. The van der Waals surface area contributed by atoms with Gasteiger partial charge in [0.25, 0.3) is 5.91 Å². The first-order chi connectivity index (χ1) is 13.0. The number of anilines is 2. The molecular weight excluding hydrogens is 346 g/mol. The van der Waals surface area contributed by atoms with Gasteiger partial charge in [-0.1, -0.05) is 19.1 Å². The van der Waals surface area contributed by atoms with Crippen LogP contribution in [0.15, 0.2) is 30.5 Å². The van der Waals surface area contributed by atoms with Gasteiger partial charge < -0.3 is 16.0 Å². The van der Waals surface area contributed by atoms with E-state index in [0.717, 1.165) is 18.7 Å². The first-order valence-corrected chi connectivity index (χ1v) is 9.02. The Hall–Kier alpha value is -3.16. The Balaban J connectivity index is 1.59. The summed E-state index contributed by atoms with van der Waals surface area (Å²) in [5.41, 5.74) is 2.30. The van der Waals surface area contributed by atoms with Gasteiger partial charge in [-0.05, 0) is 31.9 Å². The summed E-state index contributed by atoms with van der Waals surface area (Å²) in [6.07, 6.45) is 3.06. The molecule has 2 heterocycles. The smallest absolute Gasteiger partial charge is 0.254 e. The van der Waals surface area contributed by atoms with Crippen molar-refractivity contribution in [2.24, 2.45) is 0 Å². The van der Waals surface area contributed by atoms with Crippen LogP contribution in [0.5, 0.6) is 0 Å². The van der Waals surface area contributed by atoms with E-state index in [1.54, 1.807) is 35.1 Å². The van der Waals surface area contributed by atoms with Crippen LogP contribution in [0.2, 0.25) is 0 Å². The molecule has 1 aliphatic heterocycles. The standard InChI is InChI=1S/C19H23N5O3/c1-3-10-24-11-16(12(2)23-24)20-17(25)9-8-15-19(27)21-14-7-5-4-6-13(14)18(26)22-15/h4-7,11,15H,3,8-10H2,1-2H3,(H,20,25)(H,21,27)(H,22,26). The van der Waals surface area contributed by atoms with Crippen LogP contribution in [-0.4, -0.2) is 33.5 Å². The molecule has 8 nitrogen and oxygen atoms in total. The maximum Gasteiger partial charge on any atom is 0.254 e. The van der Waals surface area contributed by atoms with E-state index in [4.69, 9.17) is 0 Å². The highest BCUT2D eigenvalue weighted by Crippen LogP contribution is 2.19. The third-order valence-corrected chi connectivity index (χ3v) is 4.38. The number of aryl methyl sites for hydroxylation is 2. The summed E-state index contributed by atoms with van der Waals surface area (Å²) < 4.78 is 1.79. The topological polar surface area (TPSA) is 105 Å². The average molecular weight is 369 g/mol. The lowest BCUT2D eigenvalue weighted by molar-refractivity contribution is -0.118. The molecule has 8 heteroatoms. The van der Waals surface area contributed by atoms with Gasteiger partial charge in [-0.2, -0.15) is 5.10 Å². The van der Waals surface area contributed by atoms with E-state index in [0.29, 0.717) is 16.9 Å². The summed E-state index contributed by atoms with van der Waals surface area (Å²) in [7, 11) is 0. The molecule has 1 aromatic heterocycles. The van der Waals surface area contributed by atoms with Gasteiger partial charge in [-0.25, -0.2) is 0 Å². The molecule has 3 N–H and O–H groups in total. The highest BCUT2D eigenvalue weighted by atomic mass is 16.2. The second-order valence-electron chi connectivity index (χ2n) is 6.54. The molecule has 3 rings (SSSR count). The number of carbonyl (C=O) groups excluding carboxylic acids is 3. The van der Waals surface area contributed by atoms with Crippen molar-refractivity contribution in [3.63, 3.8) is 0 Å². The fraction of sp³-hybridized carbons (Fsp3) is 0.368. The Morgan fingerprint density at radius 1 is 1.30 bits per heavy atom. The predicted octanol–water partition coefficient (Wildman–Crippen LogP) is 2.07. The summed E-state index contributed by atoms with van der Waals surface area (Å²) in [6, 6.07) is 6.05. The fourth-order valence-electron chi connectivity index (χ4n) is 2.99. The Kier molecular flexibility index (Phi) is 5.54. The Morgan fingerprint density at radius 2 is 2.07 bits per heavy atom. The van der Waals surface area contributed by atoms with Gasteiger partial charge in [-0.15, -0.1) is 0 Å². The van der Waals surface area contributed by atoms with Gasteiger partial charge in [0.05, 0.1) is 22.6 Å². The molecule has 1 aliphatic rings. The largest absolute Gasteiger partial charge is 0.340 e. The van der Waals surface area contributed by atoms with E-state index in [-0.39, 0.29) is 30.6 Å². The van der Waals surface area contributed by atoms with Crippen molar-refractivity contribution >= 4 is 29.1 Å². The molecule has 1 unspecified atom stereocenters. The number of nitrogens with one attached hydrogen (secondary N) is 3. The van der Waals surface area contributed by atoms with Crippen LogP contribution in [0.4, 0.5) is 11.4 Å². The van der Waals surface area contributed by atoms with Crippen LogP contribution in [-0.2, 0) is 16.1 Å². The zero-order valence-electron chi connectivity index (χ0n) is 15.4. The van der Waals surface area contributed by atoms with Crippen LogP contribution >= 0.6 is 0 Å². The zero-order chi connectivity index (χ0) is 19.4. The monoisotopic (exact) mass is 369 g/mol. The van der Waals surface area contributed by atoms with Gasteiger partial charge >= 0.3 is 0 Å². The number of hydrogen-bond donors (Lipinski definition) is 3. The van der Waals surface area contributed by atoms with Crippen LogP contribution in [0.25, 0.3) is 0 Å². The Bertz CT molecular complexity index is 874.